The molecule has 1 amide bonds. The number of aliphatic carboxylic acids is 1. The van der Waals surface area contributed by atoms with E-state index in [1.807, 2.05) is 67.7 Å². The molecule has 208 valence electrons. The topological polar surface area (TPSA) is 119 Å². The second-order valence-electron chi connectivity index (χ2n) is 9.84. The standard InChI is InChI=1S/C30H36N2O7/c1-21(2)29(36)38-19-25(16-27(33)34)31-28(35)26(20-39-30(37)22(3)4)32(5,17-23-12-8-6-9-13-23)18-24-14-10-7-11-15-24/h6-15,25-26H,1,3,16-20H2,2,4-5H3,(H-,31,33,34,35)/p+1/t25?,26-/m0/s1. The number of rotatable bonds is 15. The minimum absolute atomic E-state index is 0.106. The highest BCUT2D eigenvalue weighted by Gasteiger charge is 2.41. The first-order valence-corrected chi connectivity index (χ1v) is 12.5. The predicted molar refractivity (Wildman–Crippen MR) is 146 cm³/mol. The van der Waals surface area contributed by atoms with Gasteiger partial charge in [0, 0.05) is 22.3 Å². The molecule has 1 unspecified atom stereocenters. The fourth-order valence-corrected chi connectivity index (χ4v) is 4.05. The summed E-state index contributed by atoms with van der Waals surface area (Å²) in [6.45, 7) is 10.3. The lowest BCUT2D eigenvalue weighted by molar-refractivity contribution is -0.950. The van der Waals surface area contributed by atoms with Crippen molar-refractivity contribution in [3.8, 4) is 0 Å². The summed E-state index contributed by atoms with van der Waals surface area (Å²) in [5, 5.41) is 12.1. The quantitative estimate of drug-likeness (QED) is 0.203. The van der Waals surface area contributed by atoms with Gasteiger partial charge in [0.05, 0.1) is 19.5 Å². The average molecular weight is 538 g/mol. The molecule has 2 atom stereocenters. The average Bonchev–Trinajstić information content (AvgIpc) is 2.87. The number of nitrogens with zero attached hydrogens (tertiary/aromatic N) is 1. The Bertz CT molecular complexity index is 1140. The monoisotopic (exact) mass is 537 g/mol. The Morgan fingerprint density at radius 3 is 1.67 bits per heavy atom. The molecule has 2 rings (SSSR count). The molecule has 39 heavy (non-hydrogen) atoms. The maximum atomic E-state index is 13.8. The van der Waals surface area contributed by atoms with E-state index < -0.39 is 42.3 Å². The van der Waals surface area contributed by atoms with E-state index in [4.69, 9.17) is 9.47 Å². The number of carbonyl (C=O) groups excluding carboxylic acids is 3. The lowest BCUT2D eigenvalue weighted by atomic mass is 10.1. The van der Waals surface area contributed by atoms with Gasteiger partial charge in [0.2, 0.25) is 6.04 Å². The molecular weight excluding hydrogens is 500 g/mol. The molecule has 0 aliphatic heterocycles. The number of hydrogen-bond donors (Lipinski definition) is 2. The van der Waals surface area contributed by atoms with Crippen LogP contribution in [-0.2, 0) is 41.7 Å². The molecule has 0 aliphatic rings. The first kappa shape index (κ1) is 31.0. The van der Waals surface area contributed by atoms with Gasteiger partial charge in [0.15, 0.2) is 6.61 Å². The number of esters is 2. The summed E-state index contributed by atoms with van der Waals surface area (Å²) in [5.41, 5.74) is 2.25. The maximum Gasteiger partial charge on any atom is 0.333 e. The molecule has 2 aromatic carbocycles. The van der Waals surface area contributed by atoms with Crippen LogP contribution in [0.5, 0.6) is 0 Å². The second-order valence-corrected chi connectivity index (χ2v) is 9.84. The fraction of sp³-hybridized carbons (Fsp3) is 0.333. The number of carboxylic acid groups (broad SMARTS) is 1. The van der Waals surface area contributed by atoms with Crippen LogP contribution < -0.4 is 5.32 Å². The van der Waals surface area contributed by atoms with Crippen molar-refractivity contribution >= 4 is 23.8 Å². The summed E-state index contributed by atoms with van der Waals surface area (Å²) in [6, 6.07) is 17.2. The van der Waals surface area contributed by atoms with Crippen LogP contribution in [0, 0.1) is 0 Å². The lowest BCUT2D eigenvalue weighted by Crippen LogP contribution is -2.61. The second kappa shape index (κ2) is 14.6. The van der Waals surface area contributed by atoms with Crippen molar-refractivity contribution in [2.75, 3.05) is 20.3 Å². The van der Waals surface area contributed by atoms with E-state index in [0.29, 0.717) is 13.1 Å². The van der Waals surface area contributed by atoms with Crippen LogP contribution in [0.15, 0.2) is 85.0 Å². The van der Waals surface area contributed by atoms with Crippen LogP contribution in [-0.4, -0.2) is 65.7 Å². The molecule has 0 saturated carbocycles. The van der Waals surface area contributed by atoms with Gasteiger partial charge in [-0.3, -0.25) is 9.59 Å². The Morgan fingerprint density at radius 2 is 1.26 bits per heavy atom. The highest BCUT2D eigenvalue weighted by molar-refractivity contribution is 5.88. The lowest BCUT2D eigenvalue weighted by Gasteiger charge is -2.41. The zero-order chi connectivity index (χ0) is 29.0. The highest BCUT2D eigenvalue weighted by Crippen LogP contribution is 2.23. The van der Waals surface area contributed by atoms with Crippen LogP contribution in [0.3, 0.4) is 0 Å². The largest absolute Gasteiger partial charge is 0.481 e. The fourth-order valence-electron chi connectivity index (χ4n) is 4.05. The minimum Gasteiger partial charge on any atom is -0.481 e. The molecule has 0 fully saturated rings. The third-order valence-electron chi connectivity index (χ3n) is 6.08. The summed E-state index contributed by atoms with van der Waals surface area (Å²) in [4.78, 5) is 49.6. The van der Waals surface area contributed by atoms with Crippen LogP contribution in [0.1, 0.15) is 31.4 Å². The third-order valence-corrected chi connectivity index (χ3v) is 6.08. The van der Waals surface area contributed by atoms with Crippen LogP contribution in [0.25, 0.3) is 0 Å². The van der Waals surface area contributed by atoms with E-state index >= 15 is 0 Å². The summed E-state index contributed by atoms with van der Waals surface area (Å²) < 4.78 is 10.7. The smallest absolute Gasteiger partial charge is 0.333 e. The molecule has 0 saturated heterocycles. The zero-order valence-corrected chi connectivity index (χ0v) is 22.7. The van der Waals surface area contributed by atoms with Crippen LogP contribution in [0.4, 0.5) is 0 Å². The van der Waals surface area contributed by atoms with Gasteiger partial charge >= 0.3 is 17.9 Å². The van der Waals surface area contributed by atoms with Crippen molar-refractivity contribution < 1.29 is 38.2 Å². The Labute approximate surface area is 229 Å². The van der Waals surface area contributed by atoms with Gasteiger partial charge in [-0.05, 0) is 13.8 Å². The van der Waals surface area contributed by atoms with Gasteiger partial charge < -0.3 is 24.4 Å². The van der Waals surface area contributed by atoms with Crippen LogP contribution >= 0.6 is 0 Å². The normalized spacial score (nSPS) is 12.5. The van der Waals surface area contributed by atoms with Crippen molar-refractivity contribution in [1.29, 1.82) is 0 Å². The van der Waals surface area contributed by atoms with Gasteiger partial charge in [0.25, 0.3) is 5.91 Å². The number of amides is 1. The molecule has 0 aromatic heterocycles. The summed E-state index contributed by atoms with van der Waals surface area (Å²) in [5.74, 6) is -3.06. The molecule has 0 radical (unpaired) electrons. The third kappa shape index (κ3) is 10.2. The van der Waals surface area contributed by atoms with Crippen molar-refractivity contribution in [2.24, 2.45) is 0 Å². The van der Waals surface area contributed by atoms with E-state index in [0.717, 1.165) is 11.1 Å². The van der Waals surface area contributed by atoms with Crippen molar-refractivity contribution in [2.45, 2.75) is 45.4 Å². The number of hydrogen-bond acceptors (Lipinski definition) is 6. The number of carboxylic acids is 1. The minimum atomic E-state index is -1.18. The summed E-state index contributed by atoms with van der Waals surface area (Å²) in [7, 11) is 1.88. The molecule has 2 N–H and O–H groups in total. The Kier molecular flexibility index (Phi) is 11.6. The van der Waals surface area contributed by atoms with Gasteiger partial charge in [0.1, 0.15) is 19.7 Å². The number of ether oxygens (including phenoxy) is 2. The van der Waals surface area contributed by atoms with Crippen molar-refractivity contribution in [3.05, 3.63) is 96.1 Å². The van der Waals surface area contributed by atoms with E-state index in [9.17, 15) is 24.3 Å². The Hall–Kier alpha value is -4.24. The van der Waals surface area contributed by atoms with E-state index in [1.165, 1.54) is 13.8 Å². The molecule has 2 aromatic rings. The SMILES string of the molecule is C=C(C)C(=O)OCC(CC(=O)O)NC(=O)[C@H](COC(=O)C(=C)C)[N+](C)(Cc1ccccc1)Cc1ccccc1. The molecule has 9 heteroatoms. The Balaban J connectivity index is 2.45. The molecule has 9 nitrogen and oxygen atoms in total. The number of benzene rings is 2. The number of carbonyl (C=O) groups is 4. The van der Waals surface area contributed by atoms with E-state index in [2.05, 4.69) is 18.5 Å². The molecule has 0 spiro atoms. The maximum absolute atomic E-state index is 13.8. The van der Waals surface area contributed by atoms with E-state index in [1.54, 1.807) is 0 Å². The molecule has 0 aliphatic carbocycles. The Morgan fingerprint density at radius 1 is 0.821 bits per heavy atom. The highest BCUT2D eigenvalue weighted by atomic mass is 16.5. The number of nitrogens with one attached hydrogen (secondary N) is 1. The summed E-state index contributed by atoms with van der Waals surface area (Å²) >= 11 is 0. The van der Waals surface area contributed by atoms with Gasteiger partial charge in [-0.15, -0.1) is 0 Å². The van der Waals surface area contributed by atoms with Crippen molar-refractivity contribution in [3.63, 3.8) is 0 Å². The first-order chi connectivity index (χ1) is 18.4. The zero-order valence-electron chi connectivity index (χ0n) is 22.7. The van der Waals surface area contributed by atoms with Gasteiger partial charge in [-0.1, -0.05) is 73.8 Å². The van der Waals surface area contributed by atoms with Gasteiger partial charge in [-0.25, -0.2) is 9.59 Å². The predicted octanol–water partition coefficient (Wildman–Crippen LogP) is 3.40. The molecular formula is C30H37N2O7+. The van der Waals surface area contributed by atoms with Gasteiger partial charge in [-0.2, -0.15) is 0 Å². The molecule has 0 bridgehead atoms. The van der Waals surface area contributed by atoms with Crippen LogP contribution in [0.2, 0.25) is 0 Å². The molecule has 0 heterocycles. The van der Waals surface area contributed by atoms with E-state index in [-0.39, 0.29) is 28.8 Å². The summed E-state index contributed by atoms with van der Waals surface area (Å²) in [6.07, 6.45) is -0.478. The first-order valence-electron chi connectivity index (χ1n) is 12.5. The number of likely N-dealkylation sites (N-methyl/N-ethyl adjacent to an activating group) is 1. The van der Waals surface area contributed by atoms with Crippen molar-refractivity contribution in [1.82, 2.24) is 5.32 Å². The number of quaternary nitrogens is 1.